The van der Waals surface area contributed by atoms with Gasteiger partial charge in [-0.05, 0) is 19.3 Å². The quantitative estimate of drug-likeness (QED) is 0.676. The van der Waals surface area contributed by atoms with E-state index in [1.165, 1.54) is 0 Å². The molecule has 12 heavy (non-hydrogen) atoms. The van der Waals surface area contributed by atoms with Crippen molar-refractivity contribution in [1.82, 2.24) is 5.32 Å². The zero-order valence-electron chi connectivity index (χ0n) is 8.69. The summed E-state index contributed by atoms with van der Waals surface area (Å²) in [6, 6.07) is 0. The Balaban J connectivity index is 3.92. The summed E-state index contributed by atoms with van der Waals surface area (Å²) in [4.78, 5) is 11.3. The summed E-state index contributed by atoms with van der Waals surface area (Å²) in [5, 5.41) is 2.81. The van der Waals surface area contributed by atoms with Crippen molar-refractivity contribution in [3.05, 3.63) is 11.8 Å². The lowest BCUT2D eigenvalue weighted by Gasteiger charge is -2.17. The fourth-order valence-corrected chi connectivity index (χ4v) is 0.818. The van der Waals surface area contributed by atoms with Crippen LogP contribution >= 0.6 is 0 Å². The molecule has 0 spiro atoms. The summed E-state index contributed by atoms with van der Waals surface area (Å²) in [5.41, 5.74) is 0.988. The molecule has 0 aromatic carbocycles. The maximum atomic E-state index is 11.3. The van der Waals surface area contributed by atoms with E-state index in [0.717, 1.165) is 5.70 Å². The molecule has 0 aliphatic heterocycles. The minimum atomic E-state index is 0.0676. The minimum Gasteiger partial charge on any atom is -0.330 e. The van der Waals surface area contributed by atoms with Gasteiger partial charge < -0.3 is 5.32 Å². The summed E-state index contributed by atoms with van der Waals surface area (Å²) in [6.07, 6.45) is 2.46. The Bertz CT molecular complexity index is 187. The van der Waals surface area contributed by atoms with Crippen molar-refractivity contribution in [2.45, 2.75) is 41.0 Å². The highest BCUT2D eigenvalue weighted by molar-refractivity contribution is 5.78. The average molecular weight is 169 g/mol. The number of carbonyl (C=O) groups is 1. The normalized spacial score (nSPS) is 12.9. The molecule has 0 bridgehead atoms. The molecule has 0 aliphatic rings. The molecule has 0 rings (SSSR count). The maximum absolute atomic E-state index is 11.3. The van der Waals surface area contributed by atoms with Crippen LogP contribution in [0.15, 0.2) is 11.8 Å². The fourth-order valence-electron chi connectivity index (χ4n) is 0.818. The maximum Gasteiger partial charge on any atom is 0.224 e. The van der Waals surface area contributed by atoms with Crippen LogP contribution < -0.4 is 5.32 Å². The highest BCUT2D eigenvalue weighted by atomic mass is 16.1. The molecule has 0 aliphatic carbocycles. The number of nitrogens with one attached hydrogen (secondary N) is 1. The molecule has 0 atom stereocenters. The van der Waals surface area contributed by atoms with Gasteiger partial charge in [0.05, 0.1) is 0 Å². The van der Waals surface area contributed by atoms with Gasteiger partial charge in [-0.25, -0.2) is 0 Å². The standard InChI is InChI=1S/C10H19NO/c1-6-8(2)11-9(12)7-10(3,4)5/h6H,7H2,1-5H3,(H,11,12). The van der Waals surface area contributed by atoms with Gasteiger partial charge in [-0.1, -0.05) is 26.8 Å². The molecule has 0 radical (unpaired) electrons. The smallest absolute Gasteiger partial charge is 0.224 e. The van der Waals surface area contributed by atoms with Gasteiger partial charge in [0.15, 0.2) is 0 Å². The first-order valence-electron chi connectivity index (χ1n) is 4.28. The zero-order valence-corrected chi connectivity index (χ0v) is 8.69. The number of hydrogen-bond donors (Lipinski definition) is 1. The minimum absolute atomic E-state index is 0.0676. The predicted molar refractivity (Wildman–Crippen MR) is 51.6 cm³/mol. The molecule has 0 unspecified atom stereocenters. The van der Waals surface area contributed by atoms with E-state index in [1.807, 2.05) is 19.9 Å². The van der Waals surface area contributed by atoms with Crippen molar-refractivity contribution in [1.29, 1.82) is 0 Å². The van der Waals surface area contributed by atoms with Gasteiger partial charge in [0.25, 0.3) is 0 Å². The van der Waals surface area contributed by atoms with Gasteiger partial charge in [0, 0.05) is 12.1 Å². The molecular weight excluding hydrogens is 150 g/mol. The summed E-state index contributed by atoms with van der Waals surface area (Å²) >= 11 is 0. The second-order valence-electron chi connectivity index (χ2n) is 4.26. The predicted octanol–water partition coefficient (Wildman–Crippen LogP) is 2.46. The van der Waals surface area contributed by atoms with Crippen molar-refractivity contribution in [2.75, 3.05) is 0 Å². The largest absolute Gasteiger partial charge is 0.330 e. The number of hydrogen-bond acceptors (Lipinski definition) is 1. The third-order valence-corrected chi connectivity index (χ3v) is 1.46. The van der Waals surface area contributed by atoms with Crippen LogP contribution in [0.4, 0.5) is 0 Å². The molecule has 2 nitrogen and oxygen atoms in total. The van der Waals surface area contributed by atoms with E-state index in [9.17, 15) is 4.79 Å². The molecule has 1 amide bonds. The molecule has 1 N–H and O–H groups in total. The van der Waals surface area contributed by atoms with Crippen LogP contribution in [-0.2, 0) is 4.79 Å². The first-order valence-corrected chi connectivity index (χ1v) is 4.28. The Morgan fingerprint density at radius 2 is 1.92 bits per heavy atom. The summed E-state index contributed by atoms with van der Waals surface area (Å²) in [5.74, 6) is 0.0955. The van der Waals surface area contributed by atoms with Crippen LogP contribution in [0.25, 0.3) is 0 Å². The Hall–Kier alpha value is -0.790. The third-order valence-electron chi connectivity index (χ3n) is 1.46. The molecule has 2 heteroatoms. The second kappa shape index (κ2) is 4.29. The number of rotatable bonds is 2. The first kappa shape index (κ1) is 11.2. The van der Waals surface area contributed by atoms with Crippen LogP contribution in [-0.4, -0.2) is 5.91 Å². The molecule has 0 aromatic rings. The van der Waals surface area contributed by atoms with Crippen LogP contribution in [0.5, 0.6) is 0 Å². The lowest BCUT2D eigenvalue weighted by molar-refractivity contribution is -0.122. The summed E-state index contributed by atoms with van der Waals surface area (Å²) < 4.78 is 0. The van der Waals surface area contributed by atoms with E-state index in [2.05, 4.69) is 26.1 Å². The van der Waals surface area contributed by atoms with Gasteiger partial charge in [0.1, 0.15) is 0 Å². The van der Waals surface area contributed by atoms with Gasteiger partial charge in [-0.2, -0.15) is 0 Å². The van der Waals surface area contributed by atoms with E-state index in [1.54, 1.807) is 0 Å². The third kappa shape index (κ3) is 5.96. The Morgan fingerprint density at radius 1 is 1.42 bits per heavy atom. The van der Waals surface area contributed by atoms with Crippen molar-refractivity contribution in [3.8, 4) is 0 Å². The second-order valence-corrected chi connectivity index (χ2v) is 4.26. The highest BCUT2D eigenvalue weighted by Crippen LogP contribution is 2.17. The monoisotopic (exact) mass is 169 g/mol. The van der Waals surface area contributed by atoms with Gasteiger partial charge >= 0.3 is 0 Å². The average Bonchev–Trinajstić information content (AvgIpc) is 1.82. The Labute approximate surface area is 75.0 Å². The Morgan fingerprint density at radius 3 is 2.25 bits per heavy atom. The lowest BCUT2D eigenvalue weighted by Crippen LogP contribution is -2.25. The first-order chi connectivity index (χ1) is 5.35. The number of allylic oxidation sites excluding steroid dienone is 2. The summed E-state index contributed by atoms with van der Waals surface area (Å²) in [7, 11) is 0. The van der Waals surface area contributed by atoms with Crippen LogP contribution in [0.2, 0.25) is 0 Å². The molecular formula is C10H19NO. The van der Waals surface area contributed by atoms with Crippen molar-refractivity contribution in [3.63, 3.8) is 0 Å². The molecule has 0 fully saturated rings. The zero-order chi connectivity index (χ0) is 9.78. The fraction of sp³-hybridized carbons (Fsp3) is 0.700. The van der Waals surface area contributed by atoms with E-state index in [-0.39, 0.29) is 11.3 Å². The molecule has 0 saturated heterocycles. The van der Waals surface area contributed by atoms with E-state index in [0.29, 0.717) is 6.42 Å². The van der Waals surface area contributed by atoms with Gasteiger partial charge in [-0.3, -0.25) is 4.79 Å². The lowest BCUT2D eigenvalue weighted by atomic mass is 9.92. The number of carbonyl (C=O) groups excluding carboxylic acids is 1. The summed E-state index contributed by atoms with van der Waals surface area (Å²) in [6.45, 7) is 9.96. The van der Waals surface area contributed by atoms with Crippen molar-refractivity contribution >= 4 is 5.91 Å². The molecule has 70 valence electrons. The van der Waals surface area contributed by atoms with Crippen LogP contribution in [0, 0.1) is 5.41 Å². The Kier molecular flexibility index (Phi) is 4.01. The van der Waals surface area contributed by atoms with Crippen LogP contribution in [0.3, 0.4) is 0 Å². The molecule has 0 heterocycles. The molecule has 0 aromatic heterocycles. The SMILES string of the molecule is CC=C(C)NC(=O)CC(C)(C)C. The van der Waals surface area contributed by atoms with Crippen LogP contribution in [0.1, 0.15) is 41.0 Å². The topological polar surface area (TPSA) is 29.1 Å². The number of amides is 1. The van der Waals surface area contributed by atoms with E-state index >= 15 is 0 Å². The highest BCUT2D eigenvalue weighted by Gasteiger charge is 2.15. The van der Waals surface area contributed by atoms with Gasteiger partial charge in [-0.15, -0.1) is 0 Å². The van der Waals surface area contributed by atoms with E-state index in [4.69, 9.17) is 0 Å². The van der Waals surface area contributed by atoms with E-state index < -0.39 is 0 Å². The van der Waals surface area contributed by atoms with Crippen molar-refractivity contribution < 1.29 is 4.79 Å². The van der Waals surface area contributed by atoms with Crippen molar-refractivity contribution in [2.24, 2.45) is 5.41 Å². The van der Waals surface area contributed by atoms with Gasteiger partial charge in [0.2, 0.25) is 5.91 Å². The molecule has 0 saturated carbocycles.